The number of benzene rings is 2. The molecule has 0 aliphatic rings. The van der Waals surface area contributed by atoms with Crippen molar-refractivity contribution in [2.75, 3.05) is 6.26 Å². The van der Waals surface area contributed by atoms with Gasteiger partial charge in [0.1, 0.15) is 5.82 Å². The van der Waals surface area contributed by atoms with Crippen molar-refractivity contribution in [2.45, 2.75) is 17.4 Å². The van der Waals surface area contributed by atoms with Crippen LogP contribution >= 0.6 is 0 Å². The minimum absolute atomic E-state index is 0.236. The molecule has 4 nitrogen and oxygen atoms in total. The van der Waals surface area contributed by atoms with E-state index >= 15 is 0 Å². The van der Waals surface area contributed by atoms with E-state index in [1.807, 2.05) is 0 Å². The monoisotopic (exact) mass is 308 g/mol. The second kappa shape index (κ2) is 6.34. The predicted octanol–water partition coefficient (Wildman–Crippen LogP) is 1.98. The quantitative estimate of drug-likeness (QED) is 0.654. The van der Waals surface area contributed by atoms with Gasteiger partial charge in [0, 0.05) is 6.26 Å². The van der Waals surface area contributed by atoms with Gasteiger partial charge in [-0.05, 0) is 41.8 Å². The molecule has 2 rings (SSSR count). The first-order valence-corrected chi connectivity index (χ1v) is 8.30. The Labute approximate surface area is 123 Å². The largest absolute Gasteiger partial charge is 0.271 e. The summed E-state index contributed by atoms with van der Waals surface area (Å²) >= 11 is 0. The summed E-state index contributed by atoms with van der Waals surface area (Å²) in [6.45, 7) is 0. The maximum atomic E-state index is 13.2. The number of halogens is 1. The van der Waals surface area contributed by atoms with Crippen LogP contribution in [0.25, 0.3) is 0 Å². The molecule has 2 aromatic carbocycles. The zero-order valence-corrected chi connectivity index (χ0v) is 12.4. The molecule has 1 unspecified atom stereocenters. The third kappa shape index (κ3) is 4.10. The number of hydrazine groups is 1. The predicted molar refractivity (Wildman–Crippen MR) is 79.7 cm³/mol. The highest BCUT2D eigenvalue weighted by Crippen LogP contribution is 2.21. The third-order valence-corrected chi connectivity index (χ3v) is 4.33. The minimum Gasteiger partial charge on any atom is -0.271 e. The summed E-state index contributed by atoms with van der Waals surface area (Å²) in [5.74, 6) is 5.24. The summed E-state index contributed by atoms with van der Waals surface area (Å²) in [6.07, 6.45) is 1.62. The molecule has 0 amide bonds. The van der Waals surface area contributed by atoms with Crippen LogP contribution in [0.3, 0.4) is 0 Å². The van der Waals surface area contributed by atoms with Crippen LogP contribution in [0.1, 0.15) is 17.2 Å². The number of sulfone groups is 1. The van der Waals surface area contributed by atoms with E-state index < -0.39 is 9.84 Å². The van der Waals surface area contributed by atoms with Crippen LogP contribution in [0, 0.1) is 5.82 Å². The van der Waals surface area contributed by atoms with Gasteiger partial charge < -0.3 is 0 Å². The number of nitrogens with one attached hydrogen (secondary N) is 1. The van der Waals surface area contributed by atoms with Crippen LogP contribution in [0.2, 0.25) is 0 Å². The van der Waals surface area contributed by atoms with Crippen LogP contribution in [-0.4, -0.2) is 14.7 Å². The molecule has 1 atom stereocenters. The summed E-state index contributed by atoms with van der Waals surface area (Å²) in [6, 6.07) is 12.5. The van der Waals surface area contributed by atoms with Gasteiger partial charge in [0.05, 0.1) is 10.9 Å². The molecule has 2 aromatic rings. The van der Waals surface area contributed by atoms with Crippen LogP contribution in [0.15, 0.2) is 53.4 Å². The van der Waals surface area contributed by atoms with Gasteiger partial charge in [0.15, 0.2) is 9.84 Å². The van der Waals surface area contributed by atoms with Crippen LogP contribution < -0.4 is 11.3 Å². The first kappa shape index (κ1) is 15.6. The molecule has 21 heavy (non-hydrogen) atoms. The minimum atomic E-state index is -3.28. The first-order valence-electron chi connectivity index (χ1n) is 6.41. The number of hydrogen-bond donors (Lipinski definition) is 2. The standard InChI is InChI=1S/C15H17FN2O2S/c1-21(19,20)14-7-3-5-12(10-14)15(18-17)9-11-4-2-6-13(16)8-11/h2-8,10,15,18H,9,17H2,1H3. The molecule has 0 saturated carbocycles. The van der Waals surface area contributed by atoms with E-state index in [-0.39, 0.29) is 16.8 Å². The number of rotatable bonds is 5. The van der Waals surface area contributed by atoms with Crippen molar-refractivity contribution in [3.63, 3.8) is 0 Å². The topological polar surface area (TPSA) is 72.2 Å². The van der Waals surface area contributed by atoms with Crippen molar-refractivity contribution in [1.82, 2.24) is 5.43 Å². The van der Waals surface area contributed by atoms with E-state index in [1.54, 1.807) is 30.3 Å². The molecule has 0 radical (unpaired) electrons. The van der Waals surface area contributed by atoms with E-state index in [0.29, 0.717) is 6.42 Å². The van der Waals surface area contributed by atoms with Gasteiger partial charge in [-0.25, -0.2) is 12.8 Å². The fourth-order valence-corrected chi connectivity index (χ4v) is 2.81. The van der Waals surface area contributed by atoms with Crippen LogP contribution in [0.5, 0.6) is 0 Å². The van der Waals surface area contributed by atoms with Crippen molar-refractivity contribution < 1.29 is 12.8 Å². The van der Waals surface area contributed by atoms with Crippen molar-refractivity contribution in [3.8, 4) is 0 Å². The molecule has 6 heteroatoms. The fraction of sp³-hybridized carbons (Fsp3) is 0.200. The van der Waals surface area contributed by atoms with E-state index in [9.17, 15) is 12.8 Å². The molecule has 0 heterocycles. The maximum absolute atomic E-state index is 13.2. The summed E-state index contributed by atoms with van der Waals surface area (Å²) in [5.41, 5.74) is 4.17. The highest BCUT2D eigenvalue weighted by molar-refractivity contribution is 7.90. The first-order chi connectivity index (χ1) is 9.90. The fourth-order valence-electron chi connectivity index (χ4n) is 2.13. The van der Waals surface area contributed by atoms with E-state index in [0.717, 1.165) is 17.4 Å². The molecular weight excluding hydrogens is 291 g/mol. The molecule has 112 valence electrons. The summed E-state index contributed by atoms with van der Waals surface area (Å²) in [5, 5.41) is 0. The Kier molecular flexibility index (Phi) is 4.72. The van der Waals surface area contributed by atoms with Gasteiger partial charge in [0.25, 0.3) is 0 Å². The number of nitrogens with two attached hydrogens (primary N) is 1. The molecule has 0 spiro atoms. The highest BCUT2D eigenvalue weighted by atomic mass is 32.2. The Morgan fingerprint density at radius 3 is 2.52 bits per heavy atom. The highest BCUT2D eigenvalue weighted by Gasteiger charge is 2.14. The van der Waals surface area contributed by atoms with Crippen LogP contribution in [-0.2, 0) is 16.3 Å². The lowest BCUT2D eigenvalue weighted by molar-refractivity contribution is 0.547. The molecule has 0 fully saturated rings. The molecule has 0 aliphatic heterocycles. The summed E-state index contributed by atoms with van der Waals surface area (Å²) in [4.78, 5) is 0.236. The van der Waals surface area contributed by atoms with Crippen molar-refractivity contribution in [1.29, 1.82) is 0 Å². The third-order valence-electron chi connectivity index (χ3n) is 3.22. The van der Waals surface area contributed by atoms with Crippen molar-refractivity contribution in [2.24, 2.45) is 5.84 Å². The van der Waals surface area contributed by atoms with Gasteiger partial charge in [-0.2, -0.15) is 0 Å². The molecule has 0 saturated heterocycles. The molecule has 3 N–H and O–H groups in total. The second-order valence-electron chi connectivity index (χ2n) is 4.90. The molecule has 0 bridgehead atoms. The second-order valence-corrected chi connectivity index (χ2v) is 6.91. The van der Waals surface area contributed by atoms with Gasteiger partial charge in [-0.3, -0.25) is 11.3 Å². The Morgan fingerprint density at radius 1 is 1.19 bits per heavy atom. The van der Waals surface area contributed by atoms with E-state index in [4.69, 9.17) is 5.84 Å². The number of hydrogen-bond acceptors (Lipinski definition) is 4. The zero-order chi connectivity index (χ0) is 15.5. The maximum Gasteiger partial charge on any atom is 0.175 e. The Morgan fingerprint density at radius 2 is 1.90 bits per heavy atom. The Bertz CT molecular complexity index is 732. The Hall–Kier alpha value is -1.76. The van der Waals surface area contributed by atoms with Gasteiger partial charge in [0.2, 0.25) is 0 Å². The molecular formula is C15H17FN2O2S. The van der Waals surface area contributed by atoms with Gasteiger partial charge >= 0.3 is 0 Å². The average molecular weight is 308 g/mol. The van der Waals surface area contributed by atoms with E-state index in [1.165, 1.54) is 18.2 Å². The summed E-state index contributed by atoms with van der Waals surface area (Å²) < 4.78 is 36.4. The lowest BCUT2D eigenvalue weighted by Crippen LogP contribution is -2.29. The molecule has 0 aromatic heterocycles. The zero-order valence-electron chi connectivity index (χ0n) is 11.6. The van der Waals surface area contributed by atoms with Crippen molar-refractivity contribution in [3.05, 3.63) is 65.5 Å². The summed E-state index contributed by atoms with van der Waals surface area (Å²) in [7, 11) is -3.28. The van der Waals surface area contributed by atoms with Gasteiger partial charge in [-0.1, -0.05) is 24.3 Å². The normalized spacial score (nSPS) is 13.1. The SMILES string of the molecule is CS(=O)(=O)c1cccc(C(Cc2cccc(F)c2)NN)c1. The van der Waals surface area contributed by atoms with Crippen LogP contribution in [0.4, 0.5) is 4.39 Å². The lowest BCUT2D eigenvalue weighted by atomic mass is 9.99. The average Bonchev–Trinajstić information content (AvgIpc) is 2.44. The van der Waals surface area contributed by atoms with Crippen molar-refractivity contribution >= 4 is 9.84 Å². The van der Waals surface area contributed by atoms with E-state index in [2.05, 4.69) is 5.43 Å². The lowest BCUT2D eigenvalue weighted by Gasteiger charge is -2.17. The van der Waals surface area contributed by atoms with Gasteiger partial charge in [-0.15, -0.1) is 0 Å². The smallest absolute Gasteiger partial charge is 0.175 e. The molecule has 0 aliphatic carbocycles. The Balaban J connectivity index is 2.29.